The lowest BCUT2D eigenvalue weighted by Gasteiger charge is -2.12. The molecular weight excluding hydrogens is 526 g/mol. The number of hydrogen-bond donors (Lipinski definition) is 1. The van der Waals surface area contributed by atoms with Gasteiger partial charge in [-0.15, -0.1) is 0 Å². The number of nitriles is 1. The molecule has 3 aromatic carbocycles. The van der Waals surface area contributed by atoms with Gasteiger partial charge in [-0.25, -0.2) is 0 Å². The predicted molar refractivity (Wildman–Crippen MR) is 136 cm³/mol. The van der Waals surface area contributed by atoms with E-state index in [0.717, 1.165) is 11.1 Å². The molecule has 3 aromatic rings. The molecule has 3 rings (SSSR count). The highest BCUT2D eigenvalue weighted by atomic mass is 35.5. The Hall–Kier alpha value is -2.39. The zero-order valence-corrected chi connectivity index (χ0v) is 20.8. The summed E-state index contributed by atoms with van der Waals surface area (Å²) in [6, 6.07) is 15.2. The molecule has 0 saturated carbocycles. The van der Waals surface area contributed by atoms with Crippen LogP contribution in [-0.2, 0) is 11.4 Å². The van der Waals surface area contributed by atoms with E-state index in [1.54, 1.807) is 48.5 Å². The molecule has 0 aliphatic carbocycles. The number of rotatable bonds is 6. The minimum Gasteiger partial charge on any atom is -0.486 e. The number of hydrogen-bond acceptors (Lipinski definition) is 3. The smallest absolute Gasteiger partial charge is 0.266 e. The Morgan fingerprint density at radius 3 is 2.30 bits per heavy atom. The monoisotopic (exact) mass is 538 g/mol. The zero-order chi connectivity index (χ0) is 24.1. The molecule has 1 N–H and O–H groups in total. The third kappa shape index (κ3) is 6.57. The van der Waals surface area contributed by atoms with Crippen molar-refractivity contribution in [2.45, 2.75) is 13.5 Å². The molecule has 1 amide bonds. The summed E-state index contributed by atoms with van der Waals surface area (Å²) in [5, 5.41) is 13.9. The van der Waals surface area contributed by atoms with Gasteiger partial charge < -0.3 is 10.1 Å². The molecule has 0 radical (unpaired) electrons. The third-order valence-corrected chi connectivity index (χ3v) is 6.05. The van der Waals surface area contributed by atoms with Crippen molar-refractivity contribution in [2.75, 3.05) is 5.32 Å². The number of carbonyl (C=O) groups excluding carboxylic acids is 1. The highest BCUT2D eigenvalue weighted by Gasteiger charge is 2.14. The van der Waals surface area contributed by atoms with Crippen LogP contribution < -0.4 is 10.1 Å². The first-order valence-corrected chi connectivity index (χ1v) is 11.3. The lowest BCUT2D eigenvalue weighted by Crippen LogP contribution is -2.14. The van der Waals surface area contributed by atoms with Crippen molar-refractivity contribution in [2.24, 2.45) is 0 Å². The van der Waals surface area contributed by atoms with Gasteiger partial charge in [-0.05, 0) is 66.1 Å². The van der Waals surface area contributed by atoms with E-state index in [1.165, 1.54) is 6.08 Å². The number of halogens is 5. The van der Waals surface area contributed by atoms with E-state index in [0.29, 0.717) is 26.3 Å². The number of nitrogens with zero attached hydrogens (tertiary/aromatic N) is 1. The summed E-state index contributed by atoms with van der Waals surface area (Å²) in [5.41, 5.74) is 2.42. The molecule has 0 fully saturated rings. The van der Waals surface area contributed by atoms with Crippen molar-refractivity contribution in [3.8, 4) is 11.8 Å². The topological polar surface area (TPSA) is 62.1 Å². The molecule has 4 nitrogen and oxygen atoms in total. The number of benzene rings is 3. The van der Waals surface area contributed by atoms with Gasteiger partial charge in [0.25, 0.3) is 5.91 Å². The minimum absolute atomic E-state index is 0.133. The molecule has 33 heavy (non-hydrogen) atoms. The molecule has 0 unspecified atom stereocenters. The van der Waals surface area contributed by atoms with Gasteiger partial charge in [0.05, 0.1) is 20.1 Å². The molecule has 0 saturated heterocycles. The van der Waals surface area contributed by atoms with E-state index in [9.17, 15) is 10.1 Å². The fourth-order valence-electron chi connectivity index (χ4n) is 2.82. The number of aryl methyl sites for hydroxylation is 1. The average molecular weight is 541 g/mol. The molecule has 0 heterocycles. The van der Waals surface area contributed by atoms with Crippen molar-refractivity contribution in [1.82, 2.24) is 0 Å². The quantitative estimate of drug-likeness (QED) is 0.252. The van der Waals surface area contributed by atoms with Gasteiger partial charge in [0.1, 0.15) is 18.2 Å². The number of nitrogens with one attached hydrogen (secondary N) is 1. The van der Waals surface area contributed by atoms with E-state index in [2.05, 4.69) is 5.32 Å². The fourth-order valence-corrected chi connectivity index (χ4v) is 3.93. The van der Waals surface area contributed by atoms with Crippen molar-refractivity contribution in [3.63, 3.8) is 0 Å². The molecule has 0 bridgehead atoms. The van der Waals surface area contributed by atoms with Crippen LogP contribution in [0.3, 0.4) is 0 Å². The van der Waals surface area contributed by atoms with Crippen molar-refractivity contribution in [3.05, 3.63) is 95.9 Å². The van der Waals surface area contributed by atoms with Crippen LogP contribution >= 0.6 is 58.0 Å². The zero-order valence-electron chi connectivity index (χ0n) is 17.1. The van der Waals surface area contributed by atoms with E-state index in [-0.39, 0.29) is 28.0 Å². The maximum absolute atomic E-state index is 12.6. The predicted octanol–water partition coefficient (Wildman–Crippen LogP) is 8.39. The summed E-state index contributed by atoms with van der Waals surface area (Å²) in [7, 11) is 0. The Balaban J connectivity index is 1.79. The molecule has 168 valence electrons. The van der Waals surface area contributed by atoms with Crippen LogP contribution in [0.1, 0.15) is 16.7 Å². The second-order valence-electron chi connectivity index (χ2n) is 6.93. The first-order chi connectivity index (χ1) is 15.7. The van der Waals surface area contributed by atoms with Crippen LogP contribution in [0.25, 0.3) is 6.08 Å². The van der Waals surface area contributed by atoms with Gasteiger partial charge in [-0.2, -0.15) is 5.26 Å². The molecule has 9 heteroatoms. The second-order valence-corrected chi connectivity index (χ2v) is 9.00. The highest BCUT2D eigenvalue weighted by Crippen LogP contribution is 2.36. The van der Waals surface area contributed by atoms with Gasteiger partial charge in [-0.1, -0.05) is 70.1 Å². The number of ether oxygens (including phenoxy) is 1. The van der Waals surface area contributed by atoms with Crippen molar-refractivity contribution in [1.29, 1.82) is 5.26 Å². The van der Waals surface area contributed by atoms with Crippen LogP contribution in [0.2, 0.25) is 25.1 Å². The highest BCUT2D eigenvalue weighted by molar-refractivity contribution is 6.42. The van der Waals surface area contributed by atoms with Gasteiger partial charge >= 0.3 is 0 Å². The van der Waals surface area contributed by atoms with E-state index in [1.807, 2.05) is 13.0 Å². The lowest BCUT2D eigenvalue weighted by molar-refractivity contribution is -0.112. The van der Waals surface area contributed by atoms with Crippen LogP contribution in [0, 0.1) is 18.3 Å². The SMILES string of the molecule is Cc1ccc(Cl)cc1NC(=O)/C(C#N)=C/c1cc(Cl)c(OCc2ccc(Cl)c(Cl)c2)c(Cl)c1. The summed E-state index contributed by atoms with van der Waals surface area (Å²) in [6.45, 7) is 1.98. The molecule has 0 aliphatic heterocycles. The summed E-state index contributed by atoms with van der Waals surface area (Å²) in [6.07, 6.45) is 1.38. The average Bonchev–Trinajstić information content (AvgIpc) is 2.76. The third-order valence-electron chi connectivity index (χ3n) is 4.51. The van der Waals surface area contributed by atoms with Gasteiger partial charge in [0.15, 0.2) is 5.75 Å². The second kappa shape index (κ2) is 11.2. The van der Waals surface area contributed by atoms with Crippen LogP contribution in [-0.4, -0.2) is 5.91 Å². The molecule has 0 aromatic heterocycles. The van der Waals surface area contributed by atoms with Crippen molar-refractivity contribution < 1.29 is 9.53 Å². The van der Waals surface area contributed by atoms with Gasteiger partial charge in [0, 0.05) is 10.7 Å². The van der Waals surface area contributed by atoms with E-state index >= 15 is 0 Å². The molecular formula is C24H15Cl5N2O2. The molecule has 0 spiro atoms. The molecule has 0 atom stereocenters. The summed E-state index contributed by atoms with van der Waals surface area (Å²) in [4.78, 5) is 12.6. The Morgan fingerprint density at radius 2 is 1.67 bits per heavy atom. The first kappa shape index (κ1) is 25.2. The van der Waals surface area contributed by atoms with E-state index < -0.39 is 5.91 Å². The summed E-state index contributed by atoms with van der Waals surface area (Å²) < 4.78 is 5.74. The maximum atomic E-state index is 12.6. The normalized spacial score (nSPS) is 11.1. The number of anilines is 1. The van der Waals surface area contributed by atoms with Crippen molar-refractivity contribution >= 4 is 75.7 Å². The minimum atomic E-state index is -0.588. The molecule has 0 aliphatic rings. The number of carbonyl (C=O) groups is 1. The number of amides is 1. The van der Waals surface area contributed by atoms with E-state index in [4.69, 9.17) is 62.7 Å². The standard InChI is InChI=1S/C24H15Cl5N2O2/c1-13-2-4-17(25)10-22(13)31-24(32)16(11-30)6-15-8-20(28)23(21(29)9-15)33-12-14-3-5-18(26)19(27)7-14/h2-10H,12H2,1H3,(H,31,32)/b16-6+. The lowest BCUT2D eigenvalue weighted by atomic mass is 10.1. The largest absolute Gasteiger partial charge is 0.486 e. The summed E-state index contributed by atoms with van der Waals surface area (Å²) in [5.74, 6) is -0.325. The van der Waals surface area contributed by atoms with Crippen LogP contribution in [0.4, 0.5) is 5.69 Å². The van der Waals surface area contributed by atoms with Gasteiger partial charge in [-0.3, -0.25) is 4.79 Å². The summed E-state index contributed by atoms with van der Waals surface area (Å²) >= 11 is 30.6. The van der Waals surface area contributed by atoms with Crippen LogP contribution in [0.5, 0.6) is 5.75 Å². The fraction of sp³-hybridized carbons (Fsp3) is 0.0833. The maximum Gasteiger partial charge on any atom is 0.266 e. The Morgan fingerprint density at radius 1 is 0.970 bits per heavy atom. The first-order valence-electron chi connectivity index (χ1n) is 9.43. The Labute approximate surface area is 216 Å². The van der Waals surface area contributed by atoms with Gasteiger partial charge in [0.2, 0.25) is 0 Å². The van der Waals surface area contributed by atoms with Crippen LogP contribution in [0.15, 0.2) is 54.1 Å². The Kier molecular flexibility index (Phi) is 8.53. The Bertz CT molecular complexity index is 1280.